The smallest absolute Gasteiger partial charge is 0.230 e. The molecular weight excluding hydrogens is 341 g/mol. The number of nitrogens with two attached hydrogens (primary N) is 1. The number of aliphatic hydroxyl groups is 1. The molecule has 1 amide bonds. The summed E-state index contributed by atoms with van der Waals surface area (Å²) in [7, 11) is 0. The summed E-state index contributed by atoms with van der Waals surface area (Å²) in [6.07, 6.45) is 1.12. The first-order valence-electron chi connectivity index (χ1n) is 7.98. The van der Waals surface area contributed by atoms with E-state index in [1.807, 2.05) is 4.90 Å². The summed E-state index contributed by atoms with van der Waals surface area (Å²) >= 11 is 0. The lowest BCUT2D eigenvalue weighted by Crippen LogP contribution is -2.59. The molecule has 23 heavy (non-hydrogen) atoms. The number of amides is 1. The van der Waals surface area contributed by atoms with Crippen molar-refractivity contribution in [2.45, 2.75) is 38.8 Å². The Bertz CT molecular complexity index is 366. The number of rotatable bonds is 4. The number of halogens is 2. The fraction of sp³-hybridized carbons (Fsp3) is 0.933. The van der Waals surface area contributed by atoms with Crippen molar-refractivity contribution in [3.63, 3.8) is 0 Å². The molecule has 0 saturated carbocycles. The average Bonchev–Trinajstić information content (AvgIpc) is 2.49. The van der Waals surface area contributed by atoms with Gasteiger partial charge in [-0.3, -0.25) is 9.69 Å². The molecule has 0 bridgehead atoms. The summed E-state index contributed by atoms with van der Waals surface area (Å²) in [4.78, 5) is 17.1. The third-order valence-electron chi connectivity index (χ3n) is 4.85. The van der Waals surface area contributed by atoms with E-state index in [4.69, 9.17) is 10.5 Å². The fourth-order valence-corrected chi connectivity index (χ4v) is 3.39. The highest BCUT2D eigenvalue weighted by atomic mass is 35.5. The van der Waals surface area contributed by atoms with Gasteiger partial charge in [0.05, 0.1) is 11.5 Å². The number of carbonyl (C=O) groups is 1. The van der Waals surface area contributed by atoms with Crippen LogP contribution in [0, 0.1) is 5.41 Å². The molecule has 0 aliphatic carbocycles. The summed E-state index contributed by atoms with van der Waals surface area (Å²) in [6, 6.07) is 0.270. The second-order valence-corrected chi connectivity index (χ2v) is 6.54. The van der Waals surface area contributed by atoms with Gasteiger partial charge in [0.1, 0.15) is 0 Å². The zero-order valence-electron chi connectivity index (χ0n) is 14.1. The Morgan fingerprint density at radius 2 is 1.96 bits per heavy atom. The zero-order chi connectivity index (χ0) is 15.5. The topological polar surface area (TPSA) is 79.0 Å². The van der Waals surface area contributed by atoms with Crippen LogP contribution < -0.4 is 5.73 Å². The first kappa shape index (κ1) is 22.9. The van der Waals surface area contributed by atoms with Crippen molar-refractivity contribution in [1.29, 1.82) is 0 Å². The van der Waals surface area contributed by atoms with Gasteiger partial charge in [-0.2, -0.15) is 0 Å². The Kier molecular flexibility index (Phi) is 9.96. The van der Waals surface area contributed by atoms with Gasteiger partial charge in [0.25, 0.3) is 0 Å². The largest absolute Gasteiger partial charge is 0.392 e. The number of aliphatic hydroxyl groups excluding tert-OH is 1. The van der Waals surface area contributed by atoms with Crippen molar-refractivity contribution in [2.75, 3.05) is 45.9 Å². The first-order chi connectivity index (χ1) is 9.98. The van der Waals surface area contributed by atoms with Gasteiger partial charge < -0.3 is 20.5 Å². The number of β-amino-alcohol motifs (C(OH)–C–C–N with tert-alkyl or cyclic N) is 1. The summed E-state index contributed by atoms with van der Waals surface area (Å²) in [5.74, 6) is 0.192. The normalized spacial score (nSPS) is 25.9. The number of hydrogen-bond acceptors (Lipinski definition) is 5. The van der Waals surface area contributed by atoms with Gasteiger partial charge in [-0.25, -0.2) is 0 Å². The Hall–Kier alpha value is -0.110. The summed E-state index contributed by atoms with van der Waals surface area (Å²) in [5, 5.41) is 9.53. The molecule has 2 rings (SSSR count). The average molecular weight is 372 g/mol. The van der Waals surface area contributed by atoms with Crippen LogP contribution in [0.2, 0.25) is 0 Å². The Morgan fingerprint density at radius 1 is 1.35 bits per heavy atom. The van der Waals surface area contributed by atoms with E-state index in [0.717, 1.165) is 25.9 Å². The highest BCUT2D eigenvalue weighted by Gasteiger charge is 2.42. The molecule has 2 heterocycles. The minimum absolute atomic E-state index is 0. The van der Waals surface area contributed by atoms with Crippen molar-refractivity contribution in [2.24, 2.45) is 11.1 Å². The van der Waals surface area contributed by atoms with E-state index in [9.17, 15) is 9.90 Å². The van der Waals surface area contributed by atoms with Gasteiger partial charge in [0.15, 0.2) is 0 Å². The monoisotopic (exact) mass is 371 g/mol. The van der Waals surface area contributed by atoms with Crippen LogP contribution in [0.4, 0.5) is 0 Å². The maximum absolute atomic E-state index is 12.9. The number of nitrogens with zero attached hydrogens (tertiary/aromatic N) is 2. The van der Waals surface area contributed by atoms with Gasteiger partial charge in [-0.1, -0.05) is 0 Å². The van der Waals surface area contributed by atoms with Crippen molar-refractivity contribution >= 4 is 30.7 Å². The molecule has 6 nitrogen and oxygen atoms in total. The predicted molar refractivity (Wildman–Crippen MR) is 95.3 cm³/mol. The van der Waals surface area contributed by atoms with Gasteiger partial charge >= 0.3 is 0 Å². The second kappa shape index (κ2) is 10.0. The Balaban J connectivity index is 0.00000242. The van der Waals surface area contributed by atoms with Gasteiger partial charge in [-0.05, 0) is 26.7 Å². The fourth-order valence-electron chi connectivity index (χ4n) is 3.39. The number of piperazine rings is 1. The van der Waals surface area contributed by atoms with E-state index in [1.165, 1.54) is 0 Å². The molecule has 2 unspecified atom stereocenters. The van der Waals surface area contributed by atoms with Crippen LogP contribution in [0.1, 0.15) is 26.7 Å². The molecule has 0 aromatic rings. The lowest BCUT2D eigenvalue weighted by Gasteiger charge is -2.45. The molecule has 2 atom stereocenters. The van der Waals surface area contributed by atoms with Gasteiger partial charge in [0, 0.05) is 52.0 Å². The summed E-state index contributed by atoms with van der Waals surface area (Å²) < 4.78 is 5.38. The van der Waals surface area contributed by atoms with E-state index < -0.39 is 5.41 Å². The number of hydrogen-bond donors (Lipinski definition) is 2. The van der Waals surface area contributed by atoms with Crippen LogP contribution in [-0.4, -0.2) is 78.9 Å². The van der Waals surface area contributed by atoms with Crippen molar-refractivity contribution in [3.8, 4) is 0 Å². The highest BCUT2D eigenvalue weighted by Crippen LogP contribution is 2.32. The van der Waals surface area contributed by atoms with Crippen LogP contribution in [0.5, 0.6) is 0 Å². The highest BCUT2D eigenvalue weighted by molar-refractivity contribution is 5.85. The molecule has 2 fully saturated rings. The van der Waals surface area contributed by atoms with Crippen LogP contribution in [-0.2, 0) is 9.53 Å². The van der Waals surface area contributed by atoms with Gasteiger partial charge in [0.2, 0.25) is 5.91 Å². The molecule has 2 aliphatic heterocycles. The molecule has 2 aliphatic rings. The van der Waals surface area contributed by atoms with Gasteiger partial charge in [-0.15, -0.1) is 24.8 Å². The van der Waals surface area contributed by atoms with E-state index in [0.29, 0.717) is 32.8 Å². The second-order valence-electron chi connectivity index (χ2n) is 6.54. The van der Waals surface area contributed by atoms with E-state index in [2.05, 4.69) is 11.8 Å². The maximum atomic E-state index is 12.9. The van der Waals surface area contributed by atoms with Crippen LogP contribution in [0.3, 0.4) is 0 Å². The minimum atomic E-state index is -0.426. The molecule has 3 N–H and O–H groups in total. The van der Waals surface area contributed by atoms with Crippen LogP contribution in [0.15, 0.2) is 0 Å². The van der Waals surface area contributed by atoms with Crippen molar-refractivity contribution in [3.05, 3.63) is 0 Å². The Labute approximate surface area is 151 Å². The summed E-state index contributed by atoms with van der Waals surface area (Å²) in [5.41, 5.74) is 5.50. The van der Waals surface area contributed by atoms with Crippen molar-refractivity contribution < 1.29 is 14.6 Å². The molecule has 138 valence electrons. The number of ether oxygens (including phenoxy) is 1. The third kappa shape index (κ3) is 5.44. The first-order valence-corrected chi connectivity index (χ1v) is 7.98. The molecule has 2 saturated heterocycles. The predicted octanol–water partition coefficient (Wildman–Crippen LogP) is 0.499. The van der Waals surface area contributed by atoms with E-state index in [1.54, 1.807) is 6.92 Å². The maximum Gasteiger partial charge on any atom is 0.230 e. The molecular formula is C15H31Cl2N3O3. The van der Waals surface area contributed by atoms with Crippen LogP contribution in [0.25, 0.3) is 0 Å². The molecule has 0 aromatic heterocycles. The SMILES string of the molecule is CC(O)CN1CCN(C(=O)C2(CN)CCOCC2)CC1C.Cl.Cl. The van der Waals surface area contributed by atoms with Crippen molar-refractivity contribution in [1.82, 2.24) is 9.80 Å². The van der Waals surface area contributed by atoms with E-state index >= 15 is 0 Å². The molecule has 0 radical (unpaired) electrons. The standard InChI is InChI=1S/C15H29N3O3.2ClH/c1-12-9-18(6-5-17(12)10-13(2)19)14(20)15(11-16)3-7-21-8-4-15;;/h12-13,19H,3-11,16H2,1-2H3;2*1H. The minimum Gasteiger partial charge on any atom is -0.392 e. The lowest BCUT2D eigenvalue weighted by atomic mass is 9.78. The quantitative estimate of drug-likeness (QED) is 0.751. The molecule has 8 heteroatoms. The lowest BCUT2D eigenvalue weighted by molar-refractivity contribution is -0.150. The zero-order valence-corrected chi connectivity index (χ0v) is 15.7. The molecule has 0 aromatic carbocycles. The summed E-state index contributed by atoms with van der Waals surface area (Å²) in [6.45, 7) is 8.48. The Morgan fingerprint density at radius 3 is 2.43 bits per heavy atom. The van der Waals surface area contributed by atoms with Crippen LogP contribution >= 0.6 is 24.8 Å². The number of carbonyl (C=O) groups excluding carboxylic acids is 1. The van der Waals surface area contributed by atoms with E-state index in [-0.39, 0.29) is 42.9 Å². The molecule has 0 spiro atoms. The third-order valence-corrected chi connectivity index (χ3v) is 4.85.